The largest absolute Gasteiger partial charge is 0.377 e. The number of thiocarbonyl (C=S) groups is 1. The lowest BCUT2D eigenvalue weighted by Gasteiger charge is -2.11. The van der Waals surface area contributed by atoms with Crippen molar-refractivity contribution < 1.29 is 9.72 Å². The topological polar surface area (TPSA) is 108 Å². The van der Waals surface area contributed by atoms with Gasteiger partial charge in [-0.2, -0.15) is 0 Å². The van der Waals surface area contributed by atoms with E-state index in [4.69, 9.17) is 12.2 Å². The van der Waals surface area contributed by atoms with Gasteiger partial charge in [0.2, 0.25) is 0 Å². The third-order valence-corrected chi connectivity index (χ3v) is 3.27. The molecule has 118 valence electrons. The molecule has 0 radical (unpaired) electrons. The zero-order chi connectivity index (χ0) is 16.1. The van der Waals surface area contributed by atoms with Crippen LogP contribution < -0.4 is 21.5 Å². The van der Waals surface area contributed by atoms with E-state index in [1.165, 1.54) is 12.1 Å². The van der Waals surface area contributed by atoms with E-state index in [1.54, 1.807) is 6.07 Å². The molecule has 1 aliphatic rings. The molecule has 22 heavy (non-hydrogen) atoms. The van der Waals surface area contributed by atoms with E-state index in [9.17, 15) is 14.9 Å². The van der Waals surface area contributed by atoms with Crippen LogP contribution >= 0.6 is 12.2 Å². The Bertz CT molecular complexity index is 603. The molecule has 0 unspecified atom stereocenters. The van der Waals surface area contributed by atoms with E-state index < -0.39 is 10.8 Å². The van der Waals surface area contributed by atoms with Crippen LogP contribution in [-0.4, -0.2) is 28.5 Å². The average Bonchev–Trinajstić information content (AvgIpc) is 3.29. The van der Waals surface area contributed by atoms with Gasteiger partial charge in [0.25, 0.3) is 11.6 Å². The van der Waals surface area contributed by atoms with Crippen LogP contribution in [-0.2, 0) is 0 Å². The van der Waals surface area contributed by atoms with Crippen molar-refractivity contribution in [1.29, 1.82) is 0 Å². The van der Waals surface area contributed by atoms with E-state index in [0.29, 0.717) is 12.2 Å². The van der Waals surface area contributed by atoms with Crippen molar-refractivity contribution in [2.75, 3.05) is 11.9 Å². The molecule has 1 fully saturated rings. The highest BCUT2D eigenvalue weighted by Gasteiger charge is 2.25. The Morgan fingerprint density at radius 1 is 1.41 bits per heavy atom. The average molecular weight is 323 g/mol. The molecule has 0 aliphatic heterocycles. The lowest BCUT2D eigenvalue weighted by molar-refractivity contribution is -0.384. The Hall–Kier alpha value is -2.42. The van der Waals surface area contributed by atoms with E-state index in [2.05, 4.69) is 21.5 Å². The Morgan fingerprint density at radius 3 is 2.73 bits per heavy atom. The number of hydrogen-bond donors (Lipinski definition) is 4. The molecule has 8 nitrogen and oxygen atoms in total. The maximum Gasteiger partial charge on any atom is 0.293 e. The van der Waals surface area contributed by atoms with Crippen LogP contribution in [0.1, 0.15) is 30.1 Å². The first kappa shape index (κ1) is 16.0. The maximum atomic E-state index is 12.0. The van der Waals surface area contributed by atoms with Crippen LogP contribution in [0.5, 0.6) is 0 Å². The van der Waals surface area contributed by atoms with Crippen LogP contribution in [0, 0.1) is 10.1 Å². The van der Waals surface area contributed by atoms with E-state index in [0.717, 1.165) is 12.8 Å². The van der Waals surface area contributed by atoms with Gasteiger partial charge in [0.15, 0.2) is 5.11 Å². The minimum absolute atomic E-state index is 0.117. The van der Waals surface area contributed by atoms with Crippen molar-refractivity contribution in [2.24, 2.45) is 0 Å². The quantitative estimate of drug-likeness (QED) is 0.367. The highest BCUT2D eigenvalue weighted by atomic mass is 32.1. The predicted molar refractivity (Wildman–Crippen MR) is 86.6 cm³/mol. The number of amides is 1. The molecule has 0 atom stereocenters. The first-order valence-corrected chi connectivity index (χ1v) is 7.31. The number of hydrogen-bond acceptors (Lipinski definition) is 5. The van der Waals surface area contributed by atoms with Gasteiger partial charge in [-0.1, -0.05) is 0 Å². The van der Waals surface area contributed by atoms with E-state index >= 15 is 0 Å². The second-order valence-electron chi connectivity index (χ2n) is 4.85. The molecule has 9 heteroatoms. The van der Waals surface area contributed by atoms with Gasteiger partial charge in [0, 0.05) is 24.2 Å². The molecule has 0 aromatic heterocycles. The van der Waals surface area contributed by atoms with Crippen molar-refractivity contribution in [1.82, 2.24) is 16.2 Å². The molecule has 2 rings (SSSR count). The molecule has 1 aromatic rings. The van der Waals surface area contributed by atoms with E-state index in [1.807, 2.05) is 6.92 Å². The smallest absolute Gasteiger partial charge is 0.293 e. The van der Waals surface area contributed by atoms with Gasteiger partial charge in [-0.15, -0.1) is 0 Å². The fourth-order valence-electron chi connectivity index (χ4n) is 1.78. The van der Waals surface area contributed by atoms with Gasteiger partial charge < -0.3 is 10.6 Å². The van der Waals surface area contributed by atoms with Crippen molar-refractivity contribution in [3.8, 4) is 0 Å². The molecule has 1 aliphatic carbocycles. The molecule has 0 saturated heterocycles. The Kier molecular flexibility index (Phi) is 5.10. The van der Waals surface area contributed by atoms with Gasteiger partial charge in [0.1, 0.15) is 5.69 Å². The summed E-state index contributed by atoms with van der Waals surface area (Å²) in [7, 11) is 0. The van der Waals surface area contributed by atoms with Crippen LogP contribution in [0.4, 0.5) is 11.4 Å². The first-order chi connectivity index (χ1) is 10.5. The second kappa shape index (κ2) is 7.03. The van der Waals surface area contributed by atoms with Crippen LogP contribution in [0.3, 0.4) is 0 Å². The fraction of sp³-hybridized carbons (Fsp3) is 0.385. The van der Waals surface area contributed by atoms with Crippen molar-refractivity contribution in [3.63, 3.8) is 0 Å². The molecule has 4 N–H and O–H groups in total. The van der Waals surface area contributed by atoms with Crippen molar-refractivity contribution in [2.45, 2.75) is 25.8 Å². The van der Waals surface area contributed by atoms with Crippen LogP contribution in [0.15, 0.2) is 18.2 Å². The summed E-state index contributed by atoms with van der Waals surface area (Å²) in [5.74, 6) is -0.499. The number of carbonyl (C=O) groups excluding carboxylic acids is 1. The lowest BCUT2D eigenvalue weighted by Crippen LogP contribution is -2.46. The van der Waals surface area contributed by atoms with Crippen LogP contribution in [0.2, 0.25) is 0 Å². The standard InChI is InChI=1S/C13H17N5O3S/c1-2-14-13(22)17-16-12(19)8-3-6-10(15-9-4-5-9)11(7-8)18(20)21/h3,6-7,9,15H,2,4-5H2,1H3,(H,16,19)(H2,14,17,22). The number of nitrogens with one attached hydrogen (secondary N) is 4. The predicted octanol–water partition coefficient (Wildman–Crippen LogP) is 1.30. The number of hydrazine groups is 1. The normalized spacial score (nSPS) is 13.1. The summed E-state index contributed by atoms with van der Waals surface area (Å²) in [5.41, 5.74) is 5.40. The Labute approximate surface area is 132 Å². The summed E-state index contributed by atoms with van der Waals surface area (Å²) in [6, 6.07) is 4.62. The number of rotatable bonds is 5. The number of carbonyl (C=O) groups is 1. The second-order valence-corrected chi connectivity index (χ2v) is 5.25. The molecule has 0 bridgehead atoms. The molecule has 0 heterocycles. The minimum Gasteiger partial charge on any atom is -0.377 e. The van der Waals surface area contributed by atoms with Crippen molar-refractivity contribution >= 4 is 34.6 Å². The zero-order valence-corrected chi connectivity index (χ0v) is 12.8. The number of nitro groups is 1. The summed E-state index contributed by atoms with van der Waals surface area (Å²) in [6.07, 6.45) is 2.01. The first-order valence-electron chi connectivity index (χ1n) is 6.90. The van der Waals surface area contributed by atoms with E-state index in [-0.39, 0.29) is 22.4 Å². The van der Waals surface area contributed by atoms with Gasteiger partial charge in [0.05, 0.1) is 4.92 Å². The number of anilines is 1. The summed E-state index contributed by atoms with van der Waals surface area (Å²) >= 11 is 4.91. The monoisotopic (exact) mass is 323 g/mol. The molecule has 1 saturated carbocycles. The van der Waals surface area contributed by atoms with Gasteiger partial charge in [-0.05, 0) is 44.1 Å². The summed E-state index contributed by atoms with van der Waals surface area (Å²) < 4.78 is 0. The molecule has 0 spiro atoms. The summed E-state index contributed by atoms with van der Waals surface area (Å²) in [6.45, 7) is 2.49. The molecule has 1 aromatic carbocycles. The maximum absolute atomic E-state index is 12.0. The molecular weight excluding hydrogens is 306 g/mol. The molecular formula is C13H17N5O3S. The summed E-state index contributed by atoms with van der Waals surface area (Å²) in [4.78, 5) is 22.6. The highest BCUT2D eigenvalue weighted by molar-refractivity contribution is 7.80. The van der Waals surface area contributed by atoms with Gasteiger partial charge >= 0.3 is 0 Å². The van der Waals surface area contributed by atoms with Crippen molar-refractivity contribution in [3.05, 3.63) is 33.9 Å². The molecule has 1 amide bonds. The lowest BCUT2D eigenvalue weighted by atomic mass is 10.1. The Morgan fingerprint density at radius 2 is 2.14 bits per heavy atom. The number of nitro benzene ring substituents is 1. The van der Waals surface area contributed by atoms with Crippen LogP contribution in [0.25, 0.3) is 0 Å². The SMILES string of the molecule is CCNC(=S)NNC(=O)c1ccc(NC2CC2)c([N+](=O)[O-])c1. The zero-order valence-electron chi connectivity index (χ0n) is 12.0. The van der Waals surface area contributed by atoms with Gasteiger partial charge in [-0.25, -0.2) is 0 Å². The summed E-state index contributed by atoms with van der Waals surface area (Å²) in [5, 5.41) is 17.3. The number of nitrogens with zero attached hydrogens (tertiary/aromatic N) is 1. The fourth-order valence-corrected chi connectivity index (χ4v) is 1.98. The third kappa shape index (κ3) is 4.29. The highest BCUT2D eigenvalue weighted by Crippen LogP contribution is 2.31. The van der Waals surface area contributed by atoms with Gasteiger partial charge in [-0.3, -0.25) is 25.8 Å². The number of benzene rings is 1. The minimum atomic E-state index is -0.502. The third-order valence-electron chi connectivity index (χ3n) is 3.02. The Balaban J connectivity index is 2.06.